The summed E-state index contributed by atoms with van der Waals surface area (Å²) in [7, 11) is 0. The number of nitrogens with zero attached hydrogens (tertiary/aromatic N) is 2. The number of benzene rings is 2. The van der Waals surface area contributed by atoms with Crippen LogP contribution in [0.3, 0.4) is 0 Å². The molecule has 0 N–H and O–H groups in total. The molecule has 2 aromatic carbocycles. The van der Waals surface area contributed by atoms with Gasteiger partial charge in [0, 0.05) is 4.47 Å². The summed E-state index contributed by atoms with van der Waals surface area (Å²) in [5, 5.41) is 0. The highest BCUT2D eigenvalue weighted by atomic mass is 79.9. The highest BCUT2D eigenvalue weighted by Gasteiger charge is 2.11. The lowest BCUT2D eigenvalue weighted by Gasteiger charge is -2.10. The predicted octanol–water partition coefficient (Wildman–Crippen LogP) is 4.01. The third-order valence-corrected chi connectivity index (χ3v) is 5.46. The minimum atomic E-state index is -0.0456. The lowest BCUT2D eigenvalue weighted by Crippen LogP contribution is -2.22. The van der Waals surface area contributed by atoms with Gasteiger partial charge in [-0.2, -0.15) is 0 Å². The molecule has 0 bridgehead atoms. The first-order valence-electron chi connectivity index (χ1n) is 7.91. The lowest BCUT2D eigenvalue weighted by atomic mass is 10.2. The van der Waals surface area contributed by atoms with Crippen LogP contribution >= 0.6 is 27.3 Å². The van der Waals surface area contributed by atoms with Crippen molar-refractivity contribution in [3.05, 3.63) is 67.4 Å². The molecule has 4 aromatic rings. The molecule has 0 saturated heterocycles. The quantitative estimate of drug-likeness (QED) is 0.508. The Hall–Kier alpha value is -2.18. The van der Waals surface area contributed by atoms with Gasteiger partial charge in [-0.15, -0.1) is 0 Å². The van der Waals surface area contributed by atoms with Crippen molar-refractivity contribution in [3.63, 3.8) is 0 Å². The van der Waals surface area contributed by atoms with Gasteiger partial charge in [0.05, 0.1) is 21.7 Å². The van der Waals surface area contributed by atoms with E-state index in [1.165, 1.54) is 11.3 Å². The Bertz CT molecular complexity index is 1190. The Morgan fingerprint density at radius 2 is 2.04 bits per heavy atom. The summed E-state index contributed by atoms with van der Waals surface area (Å²) in [5.74, 6) is 0.781. The second-order valence-corrected chi connectivity index (χ2v) is 7.85. The van der Waals surface area contributed by atoms with E-state index in [2.05, 4.69) is 20.9 Å². The molecule has 0 radical (unpaired) electrons. The fraction of sp³-hybridized carbons (Fsp3) is 0.158. The number of ether oxygens (including phenoxy) is 1. The van der Waals surface area contributed by atoms with Gasteiger partial charge in [0.15, 0.2) is 4.96 Å². The van der Waals surface area contributed by atoms with Crippen molar-refractivity contribution in [1.82, 2.24) is 9.38 Å². The fourth-order valence-electron chi connectivity index (χ4n) is 2.73. The number of thiazole rings is 1. The Labute approximate surface area is 156 Å². The summed E-state index contributed by atoms with van der Waals surface area (Å²) in [5.41, 5.74) is 2.54. The van der Waals surface area contributed by atoms with E-state index in [4.69, 9.17) is 4.74 Å². The van der Waals surface area contributed by atoms with Gasteiger partial charge in [-0.05, 0) is 55.8 Å². The largest absolute Gasteiger partial charge is 0.491 e. The standard InChI is InChI=1S/C19H15BrN2O2S/c1-11(2)24-13-7-8-14(20)12(9-13)10-17-18(23)22-16-6-4-3-5-15(16)21-19(22)25-17/h3-11H,1-2H3. The first-order valence-corrected chi connectivity index (χ1v) is 9.52. The Morgan fingerprint density at radius 3 is 2.84 bits per heavy atom. The van der Waals surface area contributed by atoms with Crippen molar-refractivity contribution >= 4 is 49.3 Å². The number of aromatic nitrogens is 2. The molecule has 0 unspecified atom stereocenters. The van der Waals surface area contributed by atoms with Crippen molar-refractivity contribution < 1.29 is 4.74 Å². The number of para-hydroxylation sites is 2. The summed E-state index contributed by atoms with van der Waals surface area (Å²) in [6, 6.07) is 13.5. The van der Waals surface area contributed by atoms with Gasteiger partial charge >= 0.3 is 0 Å². The van der Waals surface area contributed by atoms with Crippen LogP contribution < -0.4 is 14.8 Å². The summed E-state index contributed by atoms with van der Waals surface area (Å²) >= 11 is 4.94. The average molecular weight is 415 g/mol. The van der Waals surface area contributed by atoms with E-state index in [9.17, 15) is 4.79 Å². The van der Waals surface area contributed by atoms with Crippen molar-refractivity contribution in [2.45, 2.75) is 20.0 Å². The van der Waals surface area contributed by atoms with Gasteiger partial charge < -0.3 is 4.74 Å². The Morgan fingerprint density at radius 1 is 1.24 bits per heavy atom. The van der Waals surface area contributed by atoms with Crippen molar-refractivity contribution in [2.24, 2.45) is 0 Å². The number of fused-ring (bicyclic) bond motifs is 3. The number of halogens is 1. The van der Waals surface area contributed by atoms with E-state index in [1.807, 2.05) is 62.4 Å². The predicted molar refractivity (Wildman–Crippen MR) is 106 cm³/mol. The molecule has 2 aromatic heterocycles. The van der Waals surface area contributed by atoms with Crippen LogP contribution in [0.4, 0.5) is 0 Å². The van der Waals surface area contributed by atoms with E-state index in [1.54, 1.807) is 4.40 Å². The zero-order valence-electron chi connectivity index (χ0n) is 13.7. The lowest BCUT2D eigenvalue weighted by molar-refractivity contribution is 0.242. The SMILES string of the molecule is CC(C)Oc1ccc(Br)c(C=c2sc3nc4ccccc4n3c2=O)c1. The fourth-order valence-corrected chi connectivity index (χ4v) is 4.07. The maximum absolute atomic E-state index is 12.8. The molecule has 4 nitrogen and oxygen atoms in total. The molecule has 0 aliphatic rings. The second kappa shape index (κ2) is 6.28. The number of hydrogen-bond donors (Lipinski definition) is 0. The third kappa shape index (κ3) is 2.96. The van der Waals surface area contributed by atoms with Crippen molar-refractivity contribution in [1.29, 1.82) is 0 Å². The van der Waals surface area contributed by atoms with Crippen LogP contribution in [0.15, 0.2) is 51.7 Å². The second-order valence-electron chi connectivity index (χ2n) is 5.98. The van der Waals surface area contributed by atoms with Gasteiger partial charge in [0.2, 0.25) is 0 Å². The van der Waals surface area contributed by atoms with E-state index in [0.29, 0.717) is 9.49 Å². The van der Waals surface area contributed by atoms with Crippen molar-refractivity contribution in [2.75, 3.05) is 0 Å². The zero-order chi connectivity index (χ0) is 17.6. The van der Waals surface area contributed by atoms with Gasteiger partial charge in [-0.1, -0.05) is 39.4 Å². The van der Waals surface area contributed by atoms with Crippen molar-refractivity contribution in [3.8, 4) is 5.75 Å². The molecular formula is C19H15BrN2O2S. The molecule has 4 rings (SSSR count). The van der Waals surface area contributed by atoms with E-state index in [-0.39, 0.29) is 11.7 Å². The van der Waals surface area contributed by atoms with Crippen LogP contribution in [0.25, 0.3) is 22.1 Å². The summed E-state index contributed by atoms with van der Waals surface area (Å²) in [6.07, 6.45) is 1.98. The smallest absolute Gasteiger partial charge is 0.274 e. The third-order valence-electron chi connectivity index (χ3n) is 3.77. The molecule has 0 aliphatic carbocycles. The summed E-state index contributed by atoms with van der Waals surface area (Å²) in [6.45, 7) is 3.97. The maximum Gasteiger partial charge on any atom is 0.274 e. The summed E-state index contributed by atoms with van der Waals surface area (Å²) < 4.78 is 8.99. The molecule has 2 heterocycles. The molecule has 126 valence electrons. The molecule has 0 aliphatic heterocycles. The van der Waals surface area contributed by atoms with E-state index < -0.39 is 0 Å². The maximum atomic E-state index is 12.8. The highest BCUT2D eigenvalue weighted by molar-refractivity contribution is 9.10. The highest BCUT2D eigenvalue weighted by Crippen LogP contribution is 2.24. The number of imidazole rings is 1. The van der Waals surface area contributed by atoms with Crippen LogP contribution in [0, 0.1) is 0 Å². The van der Waals surface area contributed by atoms with Crippen LogP contribution in [0.1, 0.15) is 19.4 Å². The Balaban J connectivity index is 1.90. The average Bonchev–Trinajstić information content (AvgIpc) is 3.07. The minimum absolute atomic E-state index is 0.0456. The monoisotopic (exact) mass is 414 g/mol. The van der Waals surface area contributed by atoms with Crippen LogP contribution in [-0.4, -0.2) is 15.5 Å². The van der Waals surface area contributed by atoms with Gasteiger partial charge in [0.1, 0.15) is 5.75 Å². The zero-order valence-corrected chi connectivity index (χ0v) is 16.1. The molecule has 0 atom stereocenters. The molecular weight excluding hydrogens is 400 g/mol. The molecule has 25 heavy (non-hydrogen) atoms. The summed E-state index contributed by atoms with van der Waals surface area (Å²) in [4.78, 5) is 18.1. The minimum Gasteiger partial charge on any atom is -0.491 e. The van der Waals surface area contributed by atoms with Crippen LogP contribution in [0.2, 0.25) is 0 Å². The Kier molecular flexibility index (Phi) is 4.09. The topological polar surface area (TPSA) is 43.6 Å². The molecule has 0 spiro atoms. The molecule has 0 fully saturated rings. The number of hydrogen-bond acceptors (Lipinski definition) is 4. The first-order chi connectivity index (χ1) is 12.0. The normalized spacial score (nSPS) is 12.6. The van der Waals surface area contributed by atoms with Gasteiger partial charge in [-0.3, -0.25) is 4.79 Å². The van der Waals surface area contributed by atoms with Crippen LogP contribution in [0.5, 0.6) is 5.75 Å². The van der Waals surface area contributed by atoms with E-state index >= 15 is 0 Å². The van der Waals surface area contributed by atoms with Gasteiger partial charge in [0.25, 0.3) is 5.56 Å². The molecule has 0 amide bonds. The number of rotatable bonds is 3. The van der Waals surface area contributed by atoms with Crippen LogP contribution in [-0.2, 0) is 0 Å². The first kappa shape index (κ1) is 16.3. The van der Waals surface area contributed by atoms with Gasteiger partial charge in [-0.25, -0.2) is 9.38 Å². The molecule has 0 saturated carbocycles. The molecule has 6 heteroatoms. The van der Waals surface area contributed by atoms with E-state index in [0.717, 1.165) is 26.8 Å².